The van der Waals surface area contributed by atoms with Gasteiger partial charge >= 0.3 is 0 Å². The Bertz CT molecular complexity index is 110. The van der Waals surface area contributed by atoms with E-state index < -0.39 is 0 Å². The average Bonchev–Trinajstić information content (AvgIpc) is 2.21. The molecule has 1 unspecified atom stereocenters. The van der Waals surface area contributed by atoms with Crippen molar-refractivity contribution < 1.29 is 0 Å². The van der Waals surface area contributed by atoms with Gasteiger partial charge < -0.3 is 4.90 Å². The van der Waals surface area contributed by atoms with Crippen molar-refractivity contribution in [3.05, 3.63) is 0 Å². The van der Waals surface area contributed by atoms with Crippen LogP contribution in [0.2, 0.25) is 0 Å². The average molecular weight is 185 g/mol. The summed E-state index contributed by atoms with van der Waals surface area (Å²) in [6, 6.07) is 0. The van der Waals surface area contributed by atoms with Gasteiger partial charge in [0.05, 0.1) is 0 Å². The monoisotopic (exact) mass is 185 g/mol. The van der Waals surface area contributed by atoms with E-state index in [9.17, 15) is 0 Å². The lowest BCUT2D eigenvalue weighted by Crippen LogP contribution is -2.37. The molecule has 1 nitrogen and oxygen atoms in total. The Balaban J connectivity index is 0.000000671. The molecule has 0 aromatic carbocycles. The van der Waals surface area contributed by atoms with Gasteiger partial charge in [-0.25, -0.2) is 0 Å². The molecule has 0 spiro atoms. The van der Waals surface area contributed by atoms with Gasteiger partial charge in [-0.05, 0) is 37.8 Å². The third kappa shape index (κ3) is 4.66. The molecule has 0 aromatic rings. The van der Waals surface area contributed by atoms with Gasteiger partial charge in [-0.15, -0.1) is 0 Å². The van der Waals surface area contributed by atoms with Gasteiger partial charge in [0.15, 0.2) is 0 Å². The topological polar surface area (TPSA) is 3.24 Å². The van der Waals surface area contributed by atoms with Gasteiger partial charge in [0.2, 0.25) is 0 Å². The van der Waals surface area contributed by atoms with Crippen LogP contribution in [0.15, 0.2) is 0 Å². The molecule has 0 bridgehead atoms. The van der Waals surface area contributed by atoms with Crippen molar-refractivity contribution in [1.82, 2.24) is 4.90 Å². The summed E-state index contributed by atoms with van der Waals surface area (Å²) < 4.78 is 0. The molecule has 1 rings (SSSR count). The highest BCUT2D eigenvalue weighted by Crippen LogP contribution is 2.22. The van der Waals surface area contributed by atoms with Crippen LogP contribution in [0.3, 0.4) is 0 Å². The van der Waals surface area contributed by atoms with Crippen LogP contribution >= 0.6 is 0 Å². The fourth-order valence-corrected chi connectivity index (χ4v) is 1.92. The summed E-state index contributed by atoms with van der Waals surface area (Å²) in [7, 11) is 0. The normalized spacial score (nSPS) is 24.0. The van der Waals surface area contributed by atoms with E-state index in [0.29, 0.717) is 0 Å². The van der Waals surface area contributed by atoms with Crippen LogP contribution < -0.4 is 0 Å². The molecule has 80 valence electrons. The smallest absolute Gasteiger partial charge is 0.00120 e. The van der Waals surface area contributed by atoms with Gasteiger partial charge in [-0.2, -0.15) is 0 Å². The van der Waals surface area contributed by atoms with Crippen LogP contribution in [-0.2, 0) is 0 Å². The molecular weight excluding hydrogens is 158 g/mol. The Morgan fingerprint density at radius 1 is 1.31 bits per heavy atom. The number of hydrogen-bond acceptors (Lipinski definition) is 1. The quantitative estimate of drug-likeness (QED) is 0.637. The molecule has 0 aromatic heterocycles. The highest BCUT2D eigenvalue weighted by molar-refractivity contribution is 4.73. The minimum absolute atomic E-state index is 0.879. The van der Waals surface area contributed by atoms with Crippen molar-refractivity contribution in [2.75, 3.05) is 19.6 Å². The molecule has 13 heavy (non-hydrogen) atoms. The van der Waals surface area contributed by atoms with Gasteiger partial charge in [-0.1, -0.05) is 34.6 Å². The summed E-state index contributed by atoms with van der Waals surface area (Å²) >= 11 is 0. The van der Waals surface area contributed by atoms with Crippen molar-refractivity contribution in [3.63, 3.8) is 0 Å². The van der Waals surface area contributed by atoms with Crippen LogP contribution in [-0.4, -0.2) is 24.5 Å². The lowest BCUT2D eigenvalue weighted by atomic mass is 9.88. The lowest BCUT2D eigenvalue weighted by molar-refractivity contribution is 0.152. The molecule has 1 heterocycles. The zero-order valence-corrected chi connectivity index (χ0v) is 10.1. The summed E-state index contributed by atoms with van der Waals surface area (Å²) in [5, 5.41) is 0. The number of likely N-dealkylation sites (tertiary alicyclic amines) is 1. The fourth-order valence-electron chi connectivity index (χ4n) is 1.92. The van der Waals surface area contributed by atoms with Crippen LogP contribution in [0, 0.1) is 11.8 Å². The summed E-state index contributed by atoms with van der Waals surface area (Å²) in [6.07, 6.45) is 2.87. The van der Waals surface area contributed by atoms with Gasteiger partial charge in [0, 0.05) is 6.54 Å². The molecule has 0 saturated carbocycles. The zero-order valence-electron chi connectivity index (χ0n) is 10.1. The van der Waals surface area contributed by atoms with Gasteiger partial charge in [0.1, 0.15) is 0 Å². The molecule has 1 aliphatic heterocycles. The molecule has 1 heteroatoms. The minimum Gasteiger partial charge on any atom is -0.303 e. The largest absolute Gasteiger partial charge is 0.303 e. The summed E-state index contributed by atoms with van der Waals surface area (Å²) in [6.45, 7) is 14.9. The van der Waals surface area contributed by atoms with E-state index in [4.69, 9.17) is 0 Å². The number of hydrogen-bond donors (Lipinski definition) is 0. The summed E-state index contributed by atoms with van der Waals surface area (Å²) in [5.41, 5.74) is 0. The third-order valence-electron chi connectivity index (χ3n) is 2.93. The predicted molar refractivity (Wildman–Crippen MR) is 61.0 cm³/mol. The minimum atomic E-state index is 0.879. The van der Waals surface area contributed by atoms with Crippen LogP contribution in [0.1, 0.15) is 47.5 Å². The Morgan fingerprint density at radius 2 is 1.92 bits per heavy atom. The van der Waals surface area contributed by atoms with Crippen molar-refractivity contribution in [1.29, 1.82) is 0 Å². The first kappa shape index (κ1) is 13.0. The van der Waals surface area contributed by atoms with E-state index in [-0.39, 0.29) is 0 Å². The van der Waals surface area contributed by atoms with Gasteiger partial charge in [0.25, 0.3) is 0 Å². The van der Waals surface area contributed by atoms with Crippen LogP contribution in [0.25, 0.3) is 0 Å². The predicted octanol–water partition coefficient (Wildman–Crippen LogP) is 3.40. The first-order valence-corrected chi connectivity index (χ1v) is 5.96. The molecule has 1 saturated heterocycles. The van der Waals surface area contributed by atoms with Crippen LogP contribution in [0.4, 0.5) is 0 Å². The van der Waals surface area contributed by atoms with E-state index in [2.05, 4.69) is 25.7 Å². The molecule has 1 fully saturated rings. The van der Waals surface area contributed by atoms with Crippen molar-refractivity contribution in [2.24, 2.45) is 11.8 Å². The van der Waals surface area contributed by atoms with Gasteiger partial charge in [-0.3, -0.25) is 0 Å². The van der Waals surface area contributed by atoms with Crippen molar-refractivity contribution in [3.8, 4) is 0 Å². The maximum absolute atomic E-state index is 2.58. The number of piperidine rings is 1. The molecule has 0 aliphatic carbocycles. The standard InChI is InChI=1S/C10H21N.C2H6/c1-4-11-7-5-6-10(8-11)9(2)3;1-2/h9-10H,4-8H2,1-3H3;1-2H3. The number of nitrogens with zero attached hydrogens (tertiary/aromatic N) is 1. The maximum Gasteiger partial charge on any atom is 0.00120 e. The van der Waals surface area contributed by atoms with E-state index in [1.54, 1.807) is 0 Å². The molecule has 1 atom stereocenters. The molecule has 1 aliphatic rings. The molecule has 0 radical (unpaired) electrons. The Morgan fingerprint density at radius 3 is 2.38 bits per heavy atom. The van der Waals surface area contributed by atoms with E-state index in [0.717, 1.165) is 11.8 Å². The van der Waals surface area contributed by atoms with Crippen LogP contribution in [0.5, 0.6) is 0 Å². The second-order valence-electron chi connectivity index (χ2n) is 4.04. The highest BCUT2D eigenvalue weighted by Gasteiger charge is 2.20. The van der Waals surface area contributed by atoms with E-state index in [1.165, 1.54) is 32.5 Å². The fraction of sp³-hybridized carbons (Fsp3) is 1.00. The van der Waals surface area contributed by atoms with E-state index >= 15 is 0 Å². The second-order valence-corrected chi connectivity index (χ2v) is 4.04. The third-order valence-corrected chi connectivity index (χ3v) is 2.93. The Hall–Kier alpha value is -0.0400. The summed E-state index contributed by atoms with van der Waals surface area (Å²) in [4.78, 5) is 2.58. The van der Waals surface area contributed by atoms with Crippen molar-refractivity contribution in [2.45, 2.75) is 47.5 Å². The first-order chi connectivity index (χ1) is 6.24. The zero-order chi connectivity index (χ0) is 10.3. The Kier molecular flexibility index (Phi) is 7.35. The molecular formula is C12H27N. The summed E-state index contributed by atoms with van der Waals surface area (Å²) in [5.74, 6) is 1.84. The molecule has 0 amide bonds. The Labute approximate surface area is 84.5 Å². The molecule has 0 N–H and O–H groups in total. The lowest BCUT2D eigenvalue weighted by Gasteiger charge is -2.33. The highest BCUT2D eigenvalue weighted by atomic mass is 15.1. The maximum atomic E-state index is 2.58. The first-order valence-electron chi connectivity index (χ1n) is 5.96. The van der Waals surface area contributed by atoms with E-state index in [1.807, 2.05) is 13.8 Å². The number of rotatable bonds is 2. The van der Waals surface area contributed by atoms with Crippen molar-refractivity contribution >= 4 is 0 Å². The second kappa shape index (κ2) is 7.37. The SMILES string of the molecule is CC.CCN1CCCC(C(C)C)C1.